The van der Waals surface area contributed by atoms with Gasteiger partial charge in [0.15, 0.2) is 0 Å². The molecule has 2 aromatic heterocycles. The fourth-order valence-electron chi connectivity index (χ4n) is 1.77. The molecule has 18 heavy (non-hydrogen) atoms. The number of imidazole rings is 1. The van der Waals surface area contributed by atoms with Crippen molar-refractivity contribution in [3.8, 4) is 0 Å². The Morgan fingerprint density at radius 2 is 2.44 bits per heavy atom. The van der Waals surface area contributed by atoms with Crippen LogP contribution in [0.3, 0.4) is 0 Å². The first-order valence-electron chi connectivity index (χ1n) is 6.12. The van der Waals surface area contributed by atoms with Gasteiger partial charge in [0.25, 0.3) is 0 Å². The number of methoxy groups -OCH3 is 1. The van der Waals surface area contributed by atoms with Crippen molar-refractivity contribution in [3.05, 3.63) is 40.6 Å². The summed E-state index contributed by atoms with van der Waals surface area (Å²) in [6, 6.07) is 4.28. The molecular formula is C13H19N3OS. The van der Waals surface area contributed by atoms with Crippen molar-refractivity contribution in [1.29, 1.82) is 0 Å². The summed E-state index contributed by atoms with van der Waals surface area (Å²) in [6.07, 6.45) is 4.97. The number of hydrogen-bond acceptors (Lipinski definition) is 4. The zero-order valence-corrected chi connectivity index (χ0v) is 11.4. The van der Waals surface area contributed by atoms with E-state index in [1.807, 2.05) is 23.7 Å². The topological polar surface area (TPSA) is 39.1 Å². The zero-order chi connectivity index (χ0) is 12.6. The SMILES string of the molecule is COCCNCc1nccn1CCc1cccs1. The van der Waals surface area contributed by atoms with E-state index in [2.05, 4.69) is 32.4 Å². The summed E-state index contributed by atoms with van der Waals surface area (Å²) in [4.78, 5) is 5.80. The van der Waals surface area contributed by atoms with Gasteiger partial charge in [-0.3, -0.25) is 0 Å². The van der Waals surface area contributed by atoms with Crippen LogP contribution < -0.4 is 5.32 Å². The van der Waals surface area contributed by atoms with Crippen molar-refractivity contribution in [2.75, 3.05) is 20.3 Å². The molecular weight excluding hydrogens is 246 g/mol. The van der Waals surface area contributed by atoms with Crippen LogP contribution in [0.1, 0.15) is 10.7 Å². The molecule has 0 radical (unpaired) electrons. The van der Waals surface area contributed by atoms with Crippen LogP contribution in [-0.2, 0) is 24.2 Å². The lowest BCUT2D eigenvalue weighted by Gasteiger charge is -2.08. The third-order valence-electron chi connectivity index (χ3n) is 2.75. The Morgan fingerprint density at radius 3 is 3.22 bits per heavy atom. The molecule has 5 heteroatoms. The number of aryl methyl sites for hydroxylation is 2. The maximum Gasteiger partial charge on any atom is 0.122 e. The number of ether oxygens (including phenoxy) is 1. The number of aromatic nitrogens is 2. The van der Waals surface area contributed by atoms with E-state index in [-0.39, 0.29) is 0 Å². The van der Waals surface area contributed by atoms with Gasteiger partial charge in [0.1, 0.15) is 5.82 Å². The molecule has 2 rings (SSSR count). The van der Waals surface area contributed by atoms with Crippen molar-refractivity contribution < 1.29 is 4.74 Å². The Labute approximate surface area is 112 Å². The average Bonchev–Trinajstić information content (AvgIpc) is 3.03. The molecule has 0 aliphatic carbocycles. The molecule has 2 heterocycles. The third-order valence-corrected chi connectivity index (χ3v) is 3.68. The van der Waals surface area contributed by atoms with E-state index < -0.39 is 0 Å². The minimum Gasteiger partial charge on any atom is -0.383 e. The Kier molecular flexibility index (Phi) is 5.38. The first-order valence-corrected chi connectivity index (χ1v) is 7.00. The van der Waals surface area contributed by atoms with Crippen LogP contribution in [0, 0.1) is 0 Å². The van der Waals surface area contributed by atoms with E-state index in [0.29, 0.717) is 0 Å². The molecule has 2 aromatic rings. The predicted octanol–water partition coefficient (Wildman–Crippen LogP) is 1.92. The molecule has 0 bridgehead atoms. The lowest BCUT2D eigenvalue weighted by atomic mass is 10.3. The summed E-state index contributed by atoms with van der Waals surface area (Å²) in [7, 11) is 1.71. The lowest BCUT2D eigenvalue weighted by molar-refractivity contribution is 0.199. The minimum atomic E-state index is 0.732. The van der Waals surface area contributed by atoms with Crippen molar-refractivity contribution in [2.45, 2.75) is 19.5 Å². The maximum absolute atomic E-state index is 5.00. The first-order chi connectivity index (χ1) is 8.90. The van der Waals surface area contributed by atoms with Crippen molar-refractivity contribution >= 4 is 11.3 Å². The Morgan fingerprint density at radius 1 is 1.50 bits per heavy atom. The van der Waals surface area contributed by atoms with Gasteiger partial charge in [-0.25, -0.2) is 4.98 Å². The highest BCUT2D eigenvalue weighted by Crippen LogP contribution is 2.10. The second-order valence-corrected chi connectivity index (χ2v) is 5.07. The second kappa shape index (κ2) is 7.31. The molecule has 0 aliphatic rings. The van der Waals surface area contributed by atoms with Gasteiger partial charge in [0, 0.05) is 37.5 Å². The van der Waals surface area contributed by atoms with Crippen LogP contribution in [-0.4, -0.2) is 29.8 Å². The van der Waals surface area contributed by atoms with Gasteiger partial charge in [-0.15, -0.1) is 11.3 Å². The molecule has 0 aliphatic heterocycles. The molecule has 98 valence electrons. The molecule has 4 nitrogen and oxygen atoms in total. The fourth-order valence-corrected chi connectivity index (χ4v) is 2.47. The normalized spacial score (nSPS) is 10.9. The van der Waals surface area contributed by atoms with Gasteiger partial charge in [0.2, 0.25) is 0 Å². The molecule has 0 fully saturated rings. The van der Waals surface area contributed by atoms with E-state index >= 15 is 0 Å². The molecule has 0 aromatic carbocycles. The second-order valence-electron chi connectivity index (χ2n) is 4.04. The van der Waals surface area contributed by atoms with Gasteiger partial charge < -0.3 is 14.6 Å². The zero-order valence-electron chi connectivity index (χ0n) is 10.6. The molecule has 0 amide bonds. The quantitative estimate of drug-likeness (QED) is 0.741. The number of hydrogen-bond donors (Lipinski definition) is 1. The number of nitrogens with one attached hydrogen (secondary N) is 1. The van der Waals surface area contributed by atoms with E-state index in [0.717, 1.165) is 38.5 Å². The number of nitrogens with zero attached hydrogens (tertiary/aromatic N) is 2. The van der Waals surface area contributed by atoms with Crippen molar-refractivity contribution in [3.63, 3.8) is 0 Å². The largest absolute Gasteiger partial charge is 0.383 e. The summed E-state index contributed by atoms with van der Waals surface area (Å²) in [5.41, 5.74) is 0. The van der Waals surface area contributed by atoms with E-state index in [1.165, 1.54) is 4.88 Å². The number of thiophene rings is 1. The highest BCUT2D eigenvalue weighted by molar-refractivity contribution is 7.09. The van der Waals surface area contributed by atoms with Crippen molar-refractivity contribution in [2.24, 2.45) is 0 Å². The summed E-state index contributed by atoms with van der Waals surface area (Å²) in [5, 5.41) is 5.44. The highest BCUT2D eigenvalue weighted by Gasteiger charge is 2.02. The maximum atomic E-state index is 5.00. The van der Waals surface area contributed by atoms with Crippen molar-refractivity contribution in [1.82, 2.24) is 14.9 Å². The minimum absolute atomic E-state index is 0.732. The van der Waals surface area contributed by atoms with Crippen LogP contribution in [0.4, 0.5) is 0 Å². The van der Waals surface area contributed by atoms with Gasteiger partial charge in [-0.05, 0) is 17.9 Å². The Hall–Kier alpha value is -1.17. The van der Waals surface area contributed by atoms with E-state index in [9.17, 15) is 0 Å². The average molecular weight is 265 g/mol. The molecule has 0 saturated carbocycles. The smallest absolute Gasteiger partial charge is 0.122 e. The Balaban J connectivity index is 1.79. The summed E-state index contributed by atoms with van der Waals surface area (Å²) in [6.45, 7) is 3.37. The molecule has 0 saturated heterocycles. The van der Waals surface area contributed by atoms with Crippen LogP contribution in [0.5, 0.6) is 0 Å². The first kappa shape index (κ1) is 13.3. The Bertz CT molecular complexity index is 439. The number of rotatable bonds is 8. The van der Waals surface area contributed by atoms with E-state index in [1.54, 1.807) is 7.11 Å². The van der Waals surface area contributed by atoms with Crippen LogP contribution in [0.2, 0.25) is 0 Å². The molecule has 0 spiro atoms. The van der Waals surface area contributed by atoms with Crippen LogP contribution in [0.15, 0.2) is 29.9 Å². The fraction of sp³-hybridized carbons (Fsp3) is 0.462. The van der Waals surface area contributed by atoms with Crippen LogP contribution >= 0.6 is 11.3 Å². The monoisotopic (exact) mass is 265 g/mol. The highest BCUT2D eigenvalue weighted by atomic mass is 32.1. The lowest BCUT2D eigenvalue weighted by Crippen LogP contribution is -2.21. The molecule has 1 N–H and O–H groups in total. The summed E-state index contributed by atoms with van der Waals surface area (Å²) >= 11 is 1.81. The molecule has 0 atom stereocenters. The summed E-state index contributed by atoms with van der Waals surface area (Å²) in [5.74, 6) is 1.09. The third kappa shape index (κ3) is 3.94. The molecule has 0 unspecified atom stereocenters. The van der Waals surface area contributed by atoms with E-state index in [4.69, 9.17) is 4.74 Å². The summed E-state index contributed by atoms with van der Waals surface area (Å²) < 4.78 is 7.21. The van der Waals surface area contributed by atoms with Gasteiger partial charge in [0.05, 0.1) is 13.2 Å². The van der Waals surface area contributed by atoms with Crippen LogP contribution in [0.25, 0.3) is 0 Å². The van der Waals surface area contributed by atoms with Gasteiger partial charge >= 0.3 is 0 Å². The van der Waals surface area contributed by atoms with Gasteiger partial charge in [-0.1, -0.05) is 6.07 Å². The van der Waals surface area contributed by atoms with Gasteiger partial charge in [-0.2, -0.15) is 0 Å². The predicted molar refractivity (Wildman–Crippen MR) is 73.8 cm³/mol. The standard InChI is InChI=1S/C13H19N3OS/c1-17-9-6-14-11-13-15-5-8-16(13)7-4-12-3-2-10-18-12/h2-3,5,8,10,14H,4,6-7,9,11H2,1H3.